The average molecular weight is 291 g/mol. The summed E-state index contributed by atoms with van der Waals surface area (Å²) in [5.74, 6) is -0.416. The van der Waals surface area contributed by atoms with E-state index in [1.165, 1.54) is 0 Å². The minimum Gasteiger partial charge on any atom is -0.327 e. The van der Waals surface area contributed by atoms with Crippen molar-refractivity contribution in [1.29, 1.82) is 0 Å². The molecule has 2 atom stereocenters. The maximum atomic E-state index is 12.1. The molecule has 0 saturated carbocycles. The molecule has 0 aliphatic heterocycles. The van der Waals surface area contributed by atoms with E-state index in [9.17, 15) is 9.59 Å². The van der Waals surface area contributed by atoms with E-state index in [0.717, 1.165) is 17.7 Å². The number of rotatable bonds is 6. The maximum Gasteiger partial charge on any atom is 0.228 e. The molecule has 1 aromatic rings. The Labute approximate surface area is 126 Å². The topological polar surface area (TPSA) is 84.2 Å². The second-order valence-corrected chi connectivity index (χ2v) is 5.41. The summed E-state index contributed by atoms with van der Waals surface area (Å²) in [6.07, 6.45) is 1.28. The Bertz CT molecular complexity index is 512. The van der Waals surface area contributed by atoms with Gasteiger partial charge in [0.25, 0.3) is 0 Å². The fourth-order valence-electron chi connectivity index (χ4n) is 1.83. The van der Waals surface area contributed by atoms with Crippen LogP contribution in [0.2, 0.25) is 0 Å². The van der Waals surface area contributed by atoms with Crippen LogP contribution in [-0.2, 0) is 9.59 Å². The van der Waals surface area contributed by atoms with Gasteiger partial charge in [0.15, 0.2) is 0 Å². The zero-order valence-corrected chi connectivity index (χ0v) is 13.2. The van der Waals surface area contributed by atoms with E-state index in [4.69, 9.17) is 5.73 Å². The highest BCUT2D eigenvalue weighted by Crippen LogP contribution is 2.24. The number of hydrogen-bond donors (Lipinski definition) is 3. The number of anilines is 2. The van der Waals surface area contributed by atoms with Crippen LogP contribution in [0.3, 0.4) is 0 Å². The first-order chi connectivity index (χ1) is 9.86. The van der Waals surface area contributed by atoms with Gasteiger partial charge in [0.2, 0.25) is 11.8 Å². The van der Waals surface area contributed by atoms with Gasteiger partial charge in [0.05, 0.1) is 5.92 Å². The molecule has 21 heavy (non-hydrogen) atoms. The van der Waals surface area contributed by atoms with Gasteiger partial charge in [0.1, 0.15) is 0 Å². The first-order valence-electron chi connectivity index (χ1n) is 7.32. The largest absolute Gasteiger partial charge is 0.327 e. The lowest BCUT2D eigenvalue weighted by Gasteiger charge is -2.18. The van der Waals surface area contributed by atoms with Gasteiger partial charge in [-0.25, -0.2) is 0 Å². The Morgan fingerprint density at radius 1 is 1.19 bits per heavy atom. The normalized spacial score (nSPS) is 13.4. The van der Waals surface area contributed by atoms with Gasteiger partial charge in [-0.05, 0) is 38.0 Å². The Morgan fingerprint density at radius 3 is 2.29 bits per heavy atom. The highest BCUT2D eigenvalue weighted by Gasteiger charge is 2.18. The predicted octanol–water partition coefficient (Wildman–Crippen LogP) is 2.66. The molecule has 0 heterocycles. The SMILES string of the molecule is CCCC(=O)Nc1cccc(NC(=O)C(C)C(C)N)c1C. The first kappa shape index (κ1) is 17.2. The number of hydrogen-bond acceptors (Lipinski definition) is 3. The second kappa shape index (κ2) is 7.78. The van der Waals surface area contributed by atoms with Crippen molar-refractivity contribution in [3.8, 4) is 0 Å². The summed E-state index contributed by atoms with van der Waals surface area (Å²) < 4.78 is 0. The zero-order valence-electron chi connectivity index (χ0n) is 13.2. The van der Waals surface area contributed by atoms with Gasteiger partial charge in [-0.2, -0.15) is 0 Å². The van der Waals surface area contributed by atoms with Crippen molar-refractivity contribution in [2.45, 2.75) is 46.6 Å². The highest BCUT2D eigenvalue weighted by molar-refractivity contribution is 5.96. The van der Waals surface area contributed by atoms with Crippen LogP contribution in [0.1, 0.15) is 39.2 Å². The third kappa shape index (κ3) is 4.86. The molecule has 116 valence electrons. The smallest absolute Gasteiger partial charge is 0.228 e. The molecule has 0 fully saturated rings. The number of nitrogens with two attached hydrogens (primary N) is 1. The molecule has 5 nitrogen and oxygen atoms in total. The lowest BCUT2D eigenvalue weighted by atomic mass is 10.0. The molecular formula is C16H25N3O2. The van der Waals surface area contributed by atoms with Crippen LogP contribution < -0.4 is 16.4 Å². The molecule has 5 heteroatoms. The Morgan fingerprint density at radius 2 is 1.76 bits per heavy atom. The minimum atomic E-state index is -0.275. The van der Waals surface area contributed by atoms with Crippen molar-refractivity contribution in [3.05, 3.63) is 23.8 Å². The summed E-state index contributed by atoms with van der Waals surface area (Å²) in [4.78, 5) is 23.7. The number of carbonyl (C=O) groups excluding carboxylic acids is 2. The van der Waals surface area contributed by atoms with Crippen LogP contribution >= 0.6 is 0 Å². The van der Waals surface area contributed by atoms with Gasteiger partial charge in [-0.1, -0.05) is 19.9 Å². The van der Waals surface area contributed by atoms with E-state index in [0.29, 0.717) is 12.1 Å². The number of nitrogens with one attached hydrogen (secondary N) is 2. The van der Waals surface area contributed by atoms with Gasteiger partial charge in [0, 0.05) is 23.8 Å². The van der Waals surface area contributed by atoms with Crippen LogP contribution in [0.5, 0.6) is 0 Å². The van der Waals surface area contributed by atoms with Gasteiger partial charge >= 0.3 is 0 Å². The molecule has 0 aliphatic rings. The van der Waals surface area contributed by atoms with Crippen LogP contribution in [0.25, 0.3) is 0 Å². The number of benzene rings is 1. The lowest BCUT2D eigenvalue weighted by molar-refractivity contribution is -0.119. The van der Waals surface area contributed by atoms with Crippen LogP contribution in [0, 0.1) is 12.8 Å². The molecular weight excluding hydrogens is 266 g/mol. The average Bonchev–Trinajstić information content (AvgIpc) is 2.42. The molecule has 0 aromatic heterocycles. The standard InChI is InChI=1S/C16H25N3O2/c1-5-7-15(20)18-13-8-6-9-14(11(13)3)19-16(21)10(2)12(4)17/h6,8-10,12H,5,7,17H2,1-4H3,(H,18,20)(H,19,21). The summed E-state index contributed by atoms with van der Waals surface area (Å²) in [7, 11) is 0. The van der Waals surface area contributed by atoms with E-state index in [2.05, 4.69) is 10.6 Å². The molecule has 1 rings (SSSR count). The summed E-state index contributed by atoms with van der Waals surface area (Å²) in [5, 5.41) is 5.73. The molecule has 2 unspecified atom stereocenters. The molecule has 0 radical (unpaired) electrons. The fourth-order valence-corrected chi connectivity index (χ4v) is 1.83. The highest BCUT2D eigenvalue weighted by atomic mass is 16.2. The Hall–Kier alpha value is -1.88. The molecule has 1 aromatic carbocycles. The Balaban J connectivity index is 2.85. The minimum absolute atomic E-state index is 0.0203. The third-order valence-electron chi connectivity index (χ3n) is 3.55. The van der Waals surface area contributed by atoms with E-state index in [1.54, 1.807) is 19.9 Å². The number of carbonyl (C=O) groups is 2. The summed E-state index contributed by atoms with van der Waals surface area (Å²) >= 11 is 0. The van der Waals surface area contributed by atoms with Crippen molar-refractivity contribution >= 4 is 23.2 Å². The molecule has 0 saturated heterocycles. The quantitative estimate of drug-likeness (QED) is 0.753. The van der Waals surface area contributed by atoms with Crippen LogP contribution in [0.4, 0.5) is 11.4 Å². The van der Waals surface area contributed by atoms with Gasteiger partial charge in [-0.15, -0.1) is 0 Å². The summed E-state index contributed by atoms with van der Waals surface area (Å²) in [6, 6.07) is 5.24. The fraction of sp³-hybridized carbons (Fsp3) is 0.500. The van der Waals surface area contributed by atoms with E-state index in [1.807, 2.05) is 26.0 Å². The van der Waals surface area contributed by atoms with E-state index < -0.39 is 0 Å². The first-order valence-corrected chi connectivity index (χ1v) is 7.32. The molecule has 0 spiro atoms. The summed E-state index contributed by atoms with van der Waals surface area (Å²) in [6.45, 7) is 7.42. The predicted molar refractivity (Wildman–Crippen MR) is 86.2 cm³/mol. The van der Waals surface area contributed by atoms with Crippen molar-refractivity contribution in [2.75, 3.05) is 10.6 Å². The van der Waals surface area contributed by atoms with Crippen molar-refractivity contribution in [2.24, 2.45) is 11.7 Å². The third-order valence-corrected chi connectivity index (χ3v) is 3.55. The molecule has 0 aliphatic carbocycles. The van der Waals surface area contributed by atoms with Gasteiger partial charge in [-0.3, -0.25) is 9.59 Å². The Kier molecular flexibility index (Phi) is 6.37. The molecule has 4 N–H and O–H groups in total. The number of amides is 2. The van der Waals surface area contributed by atoms with Gasteiger partial charge < -0.3 is 16.4 Å². The van der Waals surface area contributed by atoms with Crippen LogP contribution in [0.15, 0.2) is 18.2 Å². The van der Waals surface area contributed by atoms with Crippen molar-refractivity contribution in [1.82, 2.24) is 0 Å². The monoisotopic (exact) mass is 291 g/mol. The van der Waals surface area contributed by atoms with Crippen molar-refractivity contribution < 1.29 is 9.59 Å². The van der Waals surface area contributed by atoms with E-state index in [-0.39, 0.29) is 23.8 Å². The molecule has 2 amide bonds. The molecule has 0 bridgehead atoms. The zero-order chi connectivity index (χ0) is 16.0. The van der Waals surface area contributed by atoms with Crippen LogP contribution in [-0.4, -0.2) is 17.9 Å². The summed E-state index contributed by atoms with van der Waals surface area (Å²) in [5.41, 5.74) is 8.00. The lowest BCUT2D eigenvalue weighted by Crippen LogP contribution is -2.34. The maximum absolute atomic E-state index is 12.1. The van der Waals surface area contributed by atoms with E-state index >= 15 is 0 Å². The van der Waals surface area contributed by atoms with Crippen molar-refractivity contribution in [3.63, 3.8) is 0 Å². The second-order valence-electron chi connectivity index (χ2n) is 5.41.